The van der Waals surface area contributed by atoms with Gasteiger partial charge in [0.05, 0.1) is 6.07 Å². The number of nitriles is 1. The van der Waals surface area contributed by atoms with Gasteiger partial charge in [-0.2, -0.15) is 5.26 Å². The third-order valence-corrected chi connectivity index (χ3v) is 1.95. The van der Waals surface area contributed by atoms with Gasteiger partial charge in [0, 0.05) is 5.57 Å². The molecule has 1 aliphatic rings. The van der Waals surface area contributed by atoms with E-state index in [-0.39, 0.29) is 0 Å². The predicted molar refractivity (Wildman–Crippen MR) is 45.9 cm³/mol. The van der Waals surface area contributed by atoms with Crippen LogP contribution in [0.4, 0.5) is 0 Å². The zero-order chi connectivity index (χ0) is 8.10. The van der Waals surface area contributed by atoms with Gasteiger partial charge in [-0.05, 0) is 25.3 Å². The summed E-state index contributed by atoms with van der Waals surface area (Å²) in [6.45, 7) is 2.18. The van der Waals surface area contributed by atoms with Crippen molar-refractivity contribution in [2.45, 2.75) is 32.6 Å². The molecule has 1 aliphatic carbocycles. The molecule has 0 N–H and O–H groups in total. The molecule has 0 aliphatic heterocycles. The Balaban J connectivity index is 2.56. The number of nitrogens with zero attached hydrogens (tertiary/aromatic N) is 1. The molecule has 0 radical (unpaired) electrons. The van der Waals surface area contributed by atoms with Crippen molar-refractivity contribution in [2.24, 2.45) is 0 Å². The normalized spacial score (nSPS) is 16.7. The molecular weight excluding hydrogens is 134 g/mol. The van der Waals surface area contributed by atoms with E-state index in [1.807, 2.05) is 6.08 Å². The fourth-order valence-corrected chi connectivity index (χ4v) is 1.30. The first-order valence-electron chi connectivity index (χ1n) is 4.15. The van der Waals surface area contributed by atoms with Crippen molar-refractivity contribution in [3.63, 3.8) is 0 Å². The molecule has 0 aromatic heterocycles. The molecule has 0 bridgehead atoms. The summed E-state index contributed by atoms with van der Waals surface area (Å²) in [5, 5.41) is 8.56. The van der Waals surface area contributed by atoms with Gasteiger partial charge in [-0.25, -0.2) is 0 Å². The van der Waals surface area contributed by atoms with Gasteiger partial charge in [0.25, 0.3) is 0 Å². The second kappa shape index (κ2) is 3.98. The number of hydrogen-bond donors (Lipinski definition) is 0. The molecule has 0 atom stereocenters. The molecule has 0 spiro atoms. The van der Waals surface area contributed by atoms with Gasteiger partial charge in [-0.1, -0.05) is 25.0 Å². The summed E-state index contributed by atoms with van der Waals surface area (Å²) in [6.07, 6.45) is 8.49. The lowest BCUT2D eigenvalue weighted by atomic mass is 9.96. The zero-order valence-corrected chi connectivity index (χ0v) is 6.93. The first kappa shape index (κ1) is 8.07. The van der Waals surface area contributed by atoms with Gasteiger partial charge >= 0.3 is 0 Å². The monoisotopic (exact) mass is 147 g/mol. The van der Waals surface area contributed by atoms with Crippen molar-refractivity contribution in [2.75, 3.05) is 0 Å². The molecular formula is C10H13N. The van der Waals surface area contributed by atoms with Crippen LogP contribution < -0.4 is 0 Å². The van der Waals surface area contributed by atoms with E-state index in [0.717, 1.165) is 18.4 Å². The predicted octanol–water partition coefficient (Wildman–Crippen LogP) is 2.96. The minimum absolute atomic E-state index is 0.921. The third kappa shape index (κ3) is 2.23. The van der Waals surface area contributed by atoms with Gasteiger partial charge in [-0.15, -0.1) is 0 Å². The fraction of sp³-hybridized carbons (Fsp3) is 0.500. The molecule has 11 heavy (non-hydrogen) atoms. The highest BCUT2D eigenvalue weighted by Gasteiger charge is 2.03. The minimum Gasteiger partial charge on any atom is -0.193 e. The van der Waals surface area contributed by atoms with Crippen LogP contribution in [0.2, 0.25) is 0 Å². The van der Waals surface area contributed by atoms with Crippen molar-refractivity contribution in [1.82, 2.24) is 0 Å². The van der Waals surface area contributed by atoms with Gasteiger partial charge in [0.2, 0.25) is 0 Å². The largest absolute Gasteiger partial charge is 0.193 e. The van der Waals surface area contributed by atoms with Gasteiger partial charge in [-0.3, -0.25) is 0 Å². The molecule has 58 valence electrons. The van der Waals surface area contributed by atoms with Gasteiger partial charge in [0.15, 0.2) is 0 Å². The molecule has 0 saturated carbocycles. The van der Waals surface area contributed by atoms with Crippen LogP contribution in [0.5, 0.6) is 0 Å². The van der Waals surface area contributed by atoms with E-state index < -0.39 is 0 Å². The maximum Gasteiger partial charge on any atom is 0.0947 e. The minimum atomic E-state index is 0.921. The SMILES string of the molecule is CCCC1=CC=C(C#N)CC1. The molecule has 0 unspecified atom stereocenters. The molecule has 0 saturated heterocycles. The Morgan fingerprint density at radius 1 is 1.45 bits per heavy atom. The Morgan fingerprint density at radius 3 is 2.73 bits per heavy atom. The summed E-state index contributed by atoms with van der Waals surface area (Å²) in [7, 11) is 0. The van der Waals surface area contributed by atoms with E-state index in [1.165, 1.54) is 18.4 Å². The van der Waals surface area contributed by atoms with E-state index in [9.17, 15) is 0 Å². The molecule has 0 heterocycles. The second-order valence-electron chi connectivity index (χ2n) is 2.88. The molecule has 1 rings (SSSR count). The standard InChI is InChI=1S/C10H13N/c1-2-3-9-4-6-10(8-11)7-5-9/h4,6H,2-3,5,7H2,1H3. The van der Waals surface area contributed by atoms with E-state index in [1.54, 1.807) is 0 Å². The average molecular weight is 147 g/mol. The van der Waals surface area contributed by atoms with Crippen molar-refractivity contribution in [3.8, 4) is 6.07 Å². The Labute approximate surface area is 68.0 Å². The second-order valence-corrected chi connectivity index (χ2v) is 2.88. The van der Waals surface area contributed by atoms with E-state index in [4.69, 9.17) is 5.26 Å². The quantitative estimate of drug-likeness (QED) is 0.589. The van der Waals surface area contributed by atoms with Crippen molar-refractivity contribution >= 4 is 0 Å². The summed E-state index contributed by atoms with van der Waals surface area (Å²) in [6, 6.07) is 2.18. The Hall–Kier alpha value is -1.03. The smallest absolute Gasteiger partial charge is 0.0947 e. The highest BCUT2D eigenvalue weighted by atomic mass is 14.2. The first-order valence-corrected chi connectivity index (χ1v) is 4.15. The first-order chi connectivity index (χ1) is 5.36. The van der Waals surface area contributed by atoms with Crippen LogP contribution in [-0.2, 0) is 0 Å². The average Bonchev–Trinajstić information content (AvgIpc) is 2.07. The molecule has 0 aromatic rings. The van der Waals surface area contributed by atoms with Crippen LogP contribution in [0.1, 0.15) is 32.6 Å². The van der Waals surface area contributed by atoms with Crippen molar-refractivity contribution in [3.05, 3.63) is 23.3 Å². The molecule has 0 amide bonds. The van der Waals surface area contributed by atoms with Crippen LogP contribution in [0, 0.1) is 11.3 Å². The molecule has 1 heteroatoms. The topological polar surface area (TPSA) is 23.8 Å². The summed E-state index contributed by atoms with van der Waals surface area (Å²) in [5.74, 6) is 0. The highest BCUT2D eigenvalue weighted by Crippen LogP contribution is 2.20. The number of hydrogen-bond acceptors (Lipinski definition) is 1. The van der Waals surface area contributed by atoms with E-state index in [2.05, 4.69) is 19.1 Å². The van der Waals surface area contributed by atoms with Crippen molar-refractivity contribution in [1.29, 1.82) is 5.26 Å². The molecule has 0 aromatic carbocycles. The summed E-state index contributed by atoms with van der Waals surface area (Å²) >= 11 is 0. The van der Waals surface area contributed by atoms with Crippen LogP contribution in [0.3, 0.4) is 0 Å². The lowest BCUT2D eigenvalue weighted by Gasteiger charge is -2.08. The Morgan fingerprint density at radius 2 is 2.27 bits per heavy atom. The fourth-order valence-electron chi connectivity index (χ4n) is 1.30. The third-order valence-electron chi connectivity index (χ3n) is 1.95. The van der Waals surface area contributed by atoms with Crippen LogP contribution in [0.25, 0.3) is 0 Å². The number of allylic oxidation sites excluding steroid dienone is 4. The Kier molecular flexibility index (Phi) is 2.92. The van der Waals surface area contributed by atoms with Crippen LogP contribution in [0.15, 0.2) is 23.3 Å². The maximum absolute atomic E-state index is 8.56. The Bertz CT molecular complexity index is 228. The van der Waals surface area contributed by atoms with Gasteiger partial charge in [0.1, 0.15) is 0 Å². The van der Waals surface area contributed by atoms with Crippen LogP contribution in [-0.4, -0.2) is 0 Å². The summed E-state index contributed by atoms with van der Waals surface area (Å²) in [4.78, 5) is 0. The lowest BCUT2D eigenvalue weighted by Crippen LogP contribution is -1.91. The van der Waals surface area contributed by atoms with Crippen LogP contribution >= 0.6 is 0 Å². The maximum atomic E-state index is 8.56. The highest BCUT2D eigenvalue weighted by molar-refractivity contribution is 5.32. The number of rotatable bonds is 2. The van der Waals surface area contributed by atoms with Crippen molar-refractivity contribution < 1.29 is 0 Å². The van der Waals surface area contributed by atoms with E-state index in [0.29, 0.717) is 0 Å². The molecule has 0 fully saturated rings. The summed E-state index contributed by atoms with van der Waals surface area (Å²) in [5.41, 5.74) is 2.41. The lowest BCUT2D eigenvalue weighted by molar-refractivity contribution is 0.811. The molecule has 1 nitrogen and oxygen atoms in total. The van der Waals surface area contributed by atoms with Gasteiger partial charge < -0.3 is 0 Å². The summed E-state index contributed by atoms with van der Waals surface area (Å²) < 4.78 is 0. The van der Waals surface area contributed by atoms with E-state index >= 15 is 0 Å². The zero-order valence-electron chi connectivity index (χ0n) is 6.93.